The molecule has 1 aliphatic heterocycles. The minimum absolute atomic E-state index is 0.247. The van der Waals surface area contributed by atoms with Crippen LogP contribution in [0.4, 0.5) is 0 Å². The molecule has 20 heavy (non-hydrogen) atoms. The van der Waals surface area contributed by atoms with E-state index in [2.05, 4.69) is 24.8 Å². The van der Waals surface area contributed by atoms with Gasteiger partial charge < -0.3 is 5.11 Å². The Labute approximate surface area is 121 Å². The van der Waals surface area contributed by atoms with Gasteiger partial charge in [0.15, 0.2) is 0 Å². The number of nitrogens with zero attached hydrogens (tertiary/aromatic N) is 1. The third-order valence-corrected chi connectivity index (χ3v) is 6.30. The molecule has 3 aliphatic rings. The van der Waals surface area contributed by atoms with Crippen molar-refractivity contribution in [1.29, 1.82) is 0 Å². The number of rotatable bonds is 2. The van der Waals surface area contributed by atoms with E-state index in [9.17, 15) is 5.11 Å². The fraction of sp³-hybridized carbons (Fsp3) is 0.667. The van der Waals surface area contributed by atoms with Gasteiger partial charge in [-0.3, -0.25) is 4.90 Å². The summed E-state index contributed by atoms with van der Waals surface area (Å²) in [5.41, 5.74) is 3.12. The van der Waals surface area contributed by atoms with E-state index in [1.54, 1.807) is 0 Å². The second-order valence-electron chi connectivity index (χ2n) is 7.51. The monoisotopic (exact) mass is 271 g/mol. The lowest BCUT2D eigenvalue weighted by Gasteiger charge is -2.54. The Morgan fingerprint density at radius 3 is 2.90 bits per heavy atom. The molecule has 1 N–H and O–H groups in total. The van der Waals surface area contributed by atoms with E-state index >= 15 is 0 Å². The lowest BCUT2D eigenvalue weighted by molar-refractivity contribution is 0.0283. The van der Waals surface area contributed by atoms with Crippen LogP contribution in [0, 0.1) is 11.8 Å². The molecule has 2 heteroatoms. The van der Waals surface area contributed by atoms with E-state index in [1.165, 1.54) is 49.9 Å². The maximum atomic E-state index is 9.85. The minimum Gasteiger partial charge on any atom is -0.508 e. The maximum Gasteiger partial charge on any atom is 0.115 e. The number of benzene rings is 1. The number of aromatic hydroxyl groups is 1. The topological polar surface area (TPSA) is 23.5 Å². The van der Waals surface area contributed by atoms with Gasteiger partial charge in [-0.05, 0) is 72.7 Å². The molecule has 2 fully saturated rings. The number of fused-ring (bicyclic) bond motifs is 4. The van der Waals surface area contributed by atoms with Gasteiger partial charge in [0.25, 0.3) is 0 Å². The van der Waals surface area contributed by atoms with Crippen molar-refractivity contribution in [2.45, 2.75) is 51.0 Å². The van der Waals surface area contributed by atoms with Crippen LogP contribution in [0.15, 0.2) is 18.2 Å². The smallest absolute Gasteiger partial charge is 0.115 e. The van der Waals surface area contributed by atoms with Crippen LogP contribution in [0.3, 0.4) is 0 Å². The normalized spacial score (nSPS) is 36.7. The molecule has 2 bridgehead atoms. The zero-order chi connectivity index (χ0) is 13.9. The van der Waals surface area contributed by atoms with Crippen LogP contribution in [-0.4, -0.2) is 29.1 Å². The Morgan fingerprint density at radius 2 is 2.15 bits per heavy atom. The van der Waals surface area contributed by atoms with Crippen molar-refractivity contribution < 1.29 is 5.11 Å². The molecular formula is C18H25NO. The van der Waals surface area contributed by atoms with Crippen molar-refractivity contribution in [1.82, 2.24) is 4.90 Å². The summed E-state index contributed by atoms with van der Waals surface area (Å²) in [6.07, 6.45) is 5.28. The molecule has 2 aliphatic carbocycles. The standard InChI is InChI=1S/C18H25NO/c1-12-17-9-14-5-6-15(20)10-16(14)18(12,2)7-8-19(17)11-13-3-4-13/h5-6,10,12-13,17,20H,3-4,7-9,11H2,1-2H3/t12-,17?,18?/m0/s1. The molecule has 1 heterocycles. The Morgan fingerprint density at radius 1 is 1.35 bits per heavy atom. The van der Waals surface area contributed by atoms with E-state index in [4.69, 9.17) is 0 Å². The van der Waals surface area contributed by atoms with Gasteiger partial charge in [-0.15, -0.1) is 0 Å². The lowest BCUT2D eigenvalue weighted by atomic mass is 9.59. The van der Waals surface area contributed by atoms with Crippen LogP contribution >= 0.6 is 0 Å². The Balaban J connectivity index is 1.71. The zero-order valence-electron chi connectivity index (χ0n) is 12.6. The molecule has 2 nitrogen and oxygen atoms in total. The van der Waals surface area contributed by atoms with Crippen LogP contribution < -0.4 is 0 Å². The van der Waals surface area contributed by atoms with Gasteiger partial charge in [0.05, 0.1) is 0 Å². The first kappa shape index (κ1) is 12.7. The third-order valence-electron chi connectivity index (χ3n) is 6.30. The largest absolute Gasteiger partial charge is 0.508 e. The molecule has 0 radical (unpaired) electrons. The second kappa shape index (κ2) is 4.24. The summed E-state index contributed by atoms with van der Waals surface area (Å²) < 4.78 is 0. The number of piperidine rings is 1. The first-order valence-corrected chi connectivity index (χ1v) is 8.14. The quantitative estimate of drug-likeness (QED) is 0.892. The molecule has 0 spiro atoms. The Hall–Kier alpha value is -1.02. The van der Waals surface area contributed by atoms with E-state index in [0.29, 0.717) is 17.7 Å². The average molecular weight is 271 g/mol. The van der Waals surface area contributed by atoms with Gasteiger partial charge in [0, 0.05) is 12.6 Å². The highest BCUT2D eigenvalue weighted by atomic mass is 16.3. The molecule has 1 aromatic rings. The van der Waals surface area contributed by atoms with Gasteiger partial charge in [0.2, 0.25) is 0 Å². The summed E-state index contributed by atoms with van der Waals surface area (Å²) in [4.78, 5) is 2.76. The molecule has 2 unspecified atom stereocenters. The summed E-state index contributed by atoms with van der Waals surface area (Å²) in [5, 5.41) is 9.85. The van der Waals surface area contributed by atoms with E-state index < -0.39 is 0 Å². The molecule has 4 rings (SSSR count). The Kier molecular flexibility index (Phi) is 2.69. The van der Waals surface area contributed by atoms with Gasteiger partial charge in [0.1, 0.15) is 5.75 Å². The number of phenolic OH excluding ortho intramolecular Hbond substituents is 1. The molecule has 1 saturated heterocycles. The van der Waals surface area contributed by atoms with E-state index in [0.717, 1.165) is 5.92 Å². The maximum absolute atomic E-state index is 9.85. The molecule has 0 aromatic heterocycles. The molecular weight excluding hydrogens is 246 g/mol. The minimum atomic E-state index is 0.247. The van der Waals surface area contributed by atoms with Crippen LogP contribution in [0.5, 0.6) is 5.75 Å². The third kappa shape index (κ3) is 1.81. The van der Waals surface area contributed by atoms with Crippen molar-refractivity contribution in [3.63, 3.8) is 0 Å². The van der Waals surface area contributed by atoms with Crippen LogP contribution in [0.2, 0.25) is 0 Å². The number of phenols is 1. The fourth-order valence-corrected chi connectivity index (χ4v) is 4.55. The van der Waals surface area contributed by atoms with Gasteiger partial charge in [-0.25, -0.2) is 0 Å². The van der Waals surface area contributed by atoms with Gasteiger partial charge in [-0.1, -0.05) is 19.9 Å². The van der Waals surface area contributed by atoms with E-state index in [1.807, 2.05) is 12.1 Å². The van der Waals surface area contributed by atoms with Crippen molar-refractivity contribution >= 4 is 0 Å². The summed E-state index contributed by atoms with van der Waals surface area (Å²) >= 11 is 0. The highest BCUT2D eigenvalue weighted by Gasteiger charge is 2.48. The zero-order valence-corrected chi connectivity index (χ0v) is 12.6. The van der Waals surface area contributed by atoms with Crippen LogP contribution in [-0.2, 0) is 11.8 Å². The van der Waals surface area contributed by atoms with Gasteiger partial charge >= 0.3 is 0 Å². The highest BCUT2D eigenvalue weighted by Crippen LogP contribution is 2.49. The number of hydrogen-bond donors (Lipinski definition) is 1. The van der Waals surface area contributed by atoms with Crippen molar-refractivity contribution in [2.24, 2.45) is 11.8 Å². The average Bonchev–Trinajstić information content (AvgIpc) is 3.22. The first-order chi connectivity index (χ1) is 9.58. The number of likely N-dealkylation sites (tertiary alicyclic amines) is 1. The fourth-order valence-electron chi connectivity index (χ4n) is 4.55. The predicted molar refractivity (Wildman–Crippen MR) is 81.0 cm³/mol. The van der Waals surface area contributed by atoms with Crippen molar-refractivity contribution in [3.8, 4) is 5.75 Å². The van der Waals surface area contributed by atoms with Crippen LogP contribution in [0.25, 0.3) is 0 Å². The summed E-state index contributed by atoms with van der Waals surface area (Å²) in [7, 11) is 0. The van der Waals surface area contributed by atoms with E-state index in [-0.39, 0.29) is 5.41 Å². The van der Waals surface area contributed by atoms with Crippen LogP contribution in [0.1, 0.15) is 44.2 Å². The molecule has 108 valence electrons. The Bertz CT molecular complexity index is 536. The number of hydrogen-bond acceptors (Lipinski definition) is 2. The molecule has 0 amide bonds. The summed E-state index contributed by atoms with van der Waals surface area (Å²) in [6, 6.07) is 6.74. The first-order valence-electron chi connectivity index (χ1n) is 8.14. The van der Waals surface area contributed by atoms with Crippen molar-refractivity contribution in [2.75, 3.05) is 13.1 Å². The SMILES string of the molecule is C[C@H]1C2Cc3ccc(O)cc3C1(C)CCN2CC1CC1. The molecule has 3 atom stereocenters. The van der Waals surface area contributed by atoms with Gasteiger partial charge in [-0.2, -0.15) is 0 Å². The summed E-state index contributed by atoms with van der Waals surface area (Å²) in [6.45, 7) is 7.39. The highest BCUT2D eigenvalue weighted by molar-refractivity contribution is 5.44. The molecule has 1 aromatic carbocycles. The lowest BCUT2D eigenvalue weighted by Crippen LogP contribution is -2.58. The molecule has 1 saturated carbocycles. The second-order valence-corrected chi connectivity index (χ2v) is 7.51. The van der Waals surface area contributed by atoms with Crippen molar-refractivity contribution in [3.05, 3.63) is 29.3 Å². The predicted octanol–water partition coefficient (Wildman–Crippen LogP) is 3.33. The summed E-state index contributed by atoms with van der Waals surface area (Å²) in [5.74, 6) is 2.09.